The van der Waals surface area contributed by atoms with E-state index in [1.807, 2.05) is 32.0 Å². The maximum Gasteiger partial charge on any atom is 0.350 e. The van der Waals surface area contributed by atoms with Gasteiger partial charge in [0, 0.05) is 22.2 Å². The van der Waals surface area contributed by atoms with Crippen molar-refractivity contribution in [3.05, 3.63) is 23.1 Å². The number of anilines is 1. The predicted molar refractivity (Wildman–Crippen MR) is 86.5 cm³/mol. The summed E-state index contributed by atoms with van der Waals surface area (Å²) in [5.41, 5.74) is 6.37. The minimum Gasteiger partial charge on any atom is -0.497 e. The molecule has 6 heteroatoms. The zero-order chi connectivity index (χ0) is 15.6. The number of nitrogens with one attached hydrogen (secondary N) is 1. The Morgan fingerprint density at radius 3 is 2.67 bits per heavy atom. The quantitative estimate of drug-likeness (QED) is 0.831. The van der Waals surface area contributed by atoms with Gasteiger partial charge < -0.3 is 20.5 Å². The molecule has 2 rings (SSSR count). The lowest BCUT2D eigenvalue weighted by Crippen LogP contribution is -2.39. The zero-order valence-corrected chi connectivity index (χ0v) is 13.5. The molecule has 0 aliphatic heterocycles. The highest BCUT2D eigenvalue weighted by molar-refractivity contribution is 7.21. The summed E-state index contributed by atoms with van der Waals surface area (Å²) in [7, 11) is 2.99. The number of fused-ring (bicyclic) bond motifs is 1. The van der Waals surface area contributed by atoms with Crippen molar-refractivity contribution in [1.82, 2.24) is 0 Å². The second-order valence-electron chi connectivity index (χ2n) is 5.50. The monoisotopic (exact) mass is 308 g/mol. The molecule has 114 valence electrons. The normalized spacial score (nSPS) is 11.5. The van der Waals surface area contributed by atoms with Crippen LogP contribution in [0.4, 0.5) is 5.69 Å². The van der Waals surface area contributed by atoms with Gasteiger partial charge in [0.2, 0.25) is 0 Å². The predicted octanol–water partition coefficient (Wildman–Crippen LogP) is 2.85. The first-order chi connectivity index (χ1) is 9.85. The van der Waals surface area contributed by atoms with E-state index >= 15 is 0 Å². The topological polar surface area (TPSA) is 73.6 Å². The number of nitrogens with two attached hydrogens (primary N) is 1. The summed E-state index contributed by atoms with van der Waals surface area (Å²) in [6.45, 7) is 4.39. The van der Waals surface area contributed by atoms with E-state index in [4.69, 9.17) is 15.2 Å². The highest BCUT2D eigenvalue weighted by Crippen LogP contribution is 2.38. The van der Waals surface area contributed by atoms with E-state index in [0.717, 1.165) is 21.5 Å². The minimum absolute atomic E-state index is 0.354. The highest BCUT2D eigenvalue weighted by Gasteiger charge is 2.21. The molecule has 1 aromatic carbocycles. The van der Waals surface area contributed by atoms with Crippen LogP contribution < -0.4 is 15.8 Å². The summed E-state index contributed by atoms with van der Waals surface area (Å²) in [6.07, 6.45) is 0. The Hall–Kier alpha value is -1.79. The molecule has 0 spiro atoms. The van der Waals surface area contributed by atoms with Gasteiger partial charge in [-0.25, -0.2) is 4.79 Å². The molecule has 0 radical (unpaired) electrons. The van der Waals surface area contributed by atoms with Gasteiger partial charge in [0.05, 0.1) is 19.9 Å². The van der Waals surface area contributed by atoms with Crippen LogP contribution in [0.25, 0.3) is 10.1 Å². The Morgan fingerprint density at radius 1 is 1.38 bits per heavy atom. The number of carbonyl (C=O) groups excluding carboxylic acids is 1. The van der Waals surface area contributed by atoms with Crippen molar-refractivity contribution in [2.45, 2.75) is 19.4 Å². The Bertz CT molecular complexity index is 659. The Balaban J connectivity index is 2.52. The third-order valence-corrected chi connectivity index (χ3v) is 4.14. The minimum atomic E-state index is -0.388. The van der Waals surface area contributed by atoms with Gasteiger partial charge in [-0.15, -0.1) is 11.3 Å². The summed E-state index contributed by atoms with van der Waals surface area (Å²) in [5, 5.41) is 4.21. The molecular weight excluding hydrogens is 288 g/mol. The average Bonchev–Trinajstić information content (AvgIpc) is 2.81. The van der Waals surface area contributed by atoms with E-state index in [-0.39, 0.29) is 11.5 Å². The third-order valence-electron chi connectivity index (χ3n) is 2.99. The van der Waals surface area contributed by atoms with E-state index < -0.39 is 0 Å². The number of hydrogen-bond acceptors (Lipinski definition) is 6. The van der Waals surface area contributed by atoms with E-state index in [0.29, 0.717) is 11.4 Å². The molecule has 0 amide bonds. The summed E-state index contributed by atoms with van der Waals surface area (Å²) in [5.74, 6) is 0.388. The third kappa shape index (κ3) is 3.46. The molecular formula is C15H20N2O3S. The number of ether oxygens (including phenoxy) is 2. The molecule has 0 aliphatic rings. The number of rotatable bonds is 5. The molecule has 5 nitrogen and oxygen atoms in total. The van der Waals surface area contributed by atoms with Crippen LogP contribution in [-0.4, -0.2) is 32.3 Å². The number of hydrogen-bond donors (Lipinski definition) is 2. The maximum absolute atomic E-state index is 12.0. The molecule has 0 saturated carbocycles. The van der Waals surface area contributed by atoms with Crippen LogP contribution in [0.2, 0.25) is 0 Å². The Morgan fingerprint density at radius 2 is 2.10 bits per heavy atom. The van der Waals surface area contributed by atoms with Crippen LogP contribution in [0.15, 0.2) is 18.2 Å². The molecule has 3 N–H and O–H groups in total. The lowest BCUT2D eigenvalue weighted by molar-refractivity contribution is 0.0607. The first-order valence-electron chi connectivity index (χ1n) is 6.57. The van der Waals surface area contributed by atoms with Gasteiger partial charge in [-0.05, 0) is 32.0 Å². The molecule has 0 bridgehead atoms. The second-order valence-corrected chi connectivity index (χ2v) is 6.55. The van der Waals surface area contributed by atoms with E-state index in [9.17, 15) is 4.79 Å². The molecule has 0 fully saturated rings. The molecule has 21 heavy (non-hydrogen) atoms. The molecule has 0 saturated heterocycles. The molecule has 0 atom stereocenters. The molecule has 1 aromatic heterocycles. The van der Waals surface area contributed by atoms with Gasteiger partial charge in [-0.2, -0.15) is 0 Å². The van der Waals surface area contributed by atoms with Crippen molar-refractivity contribution in [1.29, 1.82) is 0 Å². The fourth-order valence-electron chi connectivity index (χ4n) is 1.93. The smallest absolute Gasteiger partial charge is 0.350 e. The van der Waals surface area contributed by atoms with Crippen LogP contribution >= 0.6 is 11.3 Å². The fourth-order valence-corrected chi connectivity index (χ4v) is 3.01. The van der Waals surface area contributed by atoms with Crippen LogP contribution in [0.1, 0.15) is 23.5 Å². The van der Waals surface area contributed by atoms with Gasteiger partial charge in [0.15, 0.2) is 0 Å². The van der Waals surface area contributed by atoms with Gasteiger partial charge in [-0.1, -0.05) is 0 Å². The first-order valence-corrected chi connectivity index (χ1v) is 7.39. The Kier molecular flexibility index (Phi) is 4.39. The molecule has 0 aliphatic carbocycles. The van der Waals surface area contributed by atoms with E-state index in [2.05, 4.69) is 5.32 Å². The van der Waals surface area contributed by atoms with Crippen molar-refractivity contribution < 1.29 is 14.3 Å². The zero-order valence-electron chi connectivity index (χ0n) is 12.6. The van der Waals surface area contributed by atoms with Crippen molar-refractivity contribution in [2.24, 2.45) is 5.73 Å². The van der Waals surface area contributed by atoms with Gasteiger partial charge >= 0.3 is 5.97 Å². The van der Waals surface area contributed by atoms with Crippen molar-refractivity contribution in [2.75, 3.05) is 26.1 Å². The van der Waals surface area contributed by atoms with Gasteiger partial charge in [0.25, 0.3) is 0 Å². The number of carbonyl (C=O) groups is 1. The van der Waals surface area contributed by atoms with Gasteiger partial charge in [-0.3, -0.25) is 0 Å². The Labute approximate surface area is 128 Å². The summed E-state index contributed by atoms with van der Waals surface area (Å²) in [4.78, 5) is 12.5. The summed E-state index contributed by atoms with van der Waals surface area (Å²) >= 11 is 1.39. The van der Waals surface area contributed by atoms with Crippen LogP contribution in [0.5, 0.6) is 5.75 Å². The number of thiophene rings is 1. The largest absolute Gasteiger partial charge is 0.497 e. The first kappa shape index (κ1) is 15.6. The van der Waals surface area contributed by atoms with Crippen molar-refractivity contribution in [3.63, 3.8) is 0 Å². The SMILES string of the molecule is COC(=O)c1sc2ccc(OC)cc2c1NCC(C)(C)N. The standard InChI is InChI=1S/C15H20N2O3S/c1-15(2,16)8-17-12-10-7-9(19-3)5-6-11(10)21-13(12)14(18)20-4/h5-7,17H,8,16H2,1-4H3. The van der Waals surface area contributed by atoms with Crippen LogP contribution in [0, 0.1) is 0 Å². The van der Waals surface area contributed by atoms with E-state index in [1.54, 1.807) is 7.11 Å². The average molecular weight is 308 g/mol. The molecule has 0 unspecified atom stereocenters. The number of benzene rings is 1. The lowest BCUT2D eigenvalue weighted by Gasteiger charge is -2.20. The second kappa shape index (κ2) is 5.91. The molecule has 2 aromatic rings. The molecule has 1 heterocycles. The fraction of sp³-hybridized carbons (Fsp3) is 0.400. The van der Waals surface area contributed by atoms with Gasteiger partial charge in [0.1, 0.15) is 10.6 Å². The van der Waals surface area contributed by atoms with Crippen LogP contribution in [-0.2, 0) is 4.74 Å². The van der Waals surface area contributed by atoms with Crippen molar-refractivity contribution >= 4 is 33.1 Å². The summed E-state index contributed by atoms with van der Waals surface area (Å²) < 4.78 is 11.1. The lowest BCUT2D eigenvalue weighted by atomic mass is 10.1. The van der Waals surface area contributed by atoms with E-state index in [1.165, 1.54) is 18.4 Å². The number of esters is 1. The summed E-state index contributed by atoms with van der Waals surface area (Å²) in [6, 6.07) is 5.71. The maximum atomic E-state index is 12.0. The van der Waals surface area contributed by atoms with Crippen molar-refractivity contribution in [3.8, 4) is 5.75 Å². The highest BCUT2D eigenvalue weighted by atomic mass is 32.1. The number of methoxy groups -OCH3 is 2. The van der Waals surface area contributed by atoms with Crippen LogP contribution in [0.3, 0.4) is 0 Å².